The molecule has 4 heteroatoms. The van der Waals surface area contributed by atoms with E-state index < -0.39 is 0 Å². The smallest absolute Gasteiger partial charge is 0.160 e. The Morgan fingerprint density at radius 2 is 0.982 bits per heavy atom. The van der Waals surface area contributed by atoms with Crippen molar-refractivity contribution in [1.29, 1.82) is 0 Å². The molecule has 9 aromatic carbocycles. The zero-order valence-corrected chi connectivity index (χ0v) is 31.0. The zero-order chi connectivity index (χ0) is 36.7. The molecule has 0 atom stereocenters. The first-order chi connectivity index (χ1) is 27.8. The van der Waals surface area contributed by atoms with Crippen LogP contribution >= 0.6 is 11.3 Å². The van der Waals surface area contributed by atoms with Crippen LogP contribution in [0, 0.1) is 0 Å². The highest BCUT2D eigenvalue weighted by molar-refractivity contribution is 7.26. The summed E-state index contributed by atoms with van der Waals surface area (Å²) >= 11 is 1.77. The maximum absolute atomic E-state index is 5.41. The first kappa shape index (κ1) is 31.2. The molecule has 0 aliphatic rings. The molecule has 3 heterocycles. The maximum atomic E-state index is 5.41. The molecule has 0 unspecified atom stereocenters. The van der Waals surface area contributed by atoms with Crippen molar-refractivity contribution in [1.82, 2.24) is 14.5 Å². The van der Waals surface area contributed by atoms with E-state index in [0.717, 1.165) is 38.1 Å². The highest BCUT2D eigenvalue weighted by Crippen LogP contribution is 2.44. The van der Waals surface area contributed by atoms with Gasteiger partial charge in [0.1, 0.15) is 0 Å². The Labute approximate surface area is 326 Å². The molecule has 3 nitrogen and oxygen atoms in total. The first-order valence-corrected chi connectivity index (χ1v) is 19.8. The number of rotatable bonds is 4. The van der Waals surface area contributed by atoms with Crippen molar-refractivity contribution in [3.63, 3.8) is 0 Å². The molecular formula is C52H31N3S. The average Bonchev–Trinajstić information content (AvgIpc) is 3.82. The Hall–Kier alpha value is -7.14. The van der Waals surface area contributed by atoms with Crippen LogP contribution in [-0.2, 0) is 0 Å². The van der Waals surface area contributed by atoms with Crippen molar-refractivity contribution in [2.45, 2.75) is 0 Å². The third kappa shape index (κ3) is 4.63. The van der Waals surface area contributed by atoms with Crippen LogP contribution in [0.25, 0.3) is 114 Å². The lowest BCUT2D eigenvalue weighted by Gasteiger charge is -2.13. The Morgan fingerprint density at radius 3 is 1.80 bits per heavy atom. The SMILES string of the molecule is c1ccc(-c2cccc(-c3nc(-c4cccc(-n5c6ccccc6c6c7c8ccccc8c8ccccc8c7ccc65)c4)nc4c3sc3ccccc34)c2)cc1. The Morgan fingerprint density at radius 1 is 0.375 bits per heavy atom. The van der Waals surface area contributed by atoms with Gasteiger partial charge in [-0.25, -0.2) is 9.97 Å². The third-order valence-corrected chi connectivity index (χ3v) is 12.5. The molecule has 0 bridgehead atoms. The Kier molecular flexibility index (Phi) is 6.80. The molecule has 0 aliphatic carbocycles. The largest absolute Gasteiger partial charge is 0.309 e. The van der Waals surface area contributed by atoms with Crippen molar-refractivity contribution in [2.24, 2.45) is 0 Å². The number of para-hydroxylation sites is 1. The van der Waals surface area contributed by atoms with Crippen LogP contribution in [0.2, 0.25) is 0 Å². The van der Waals surface area contributed by atoms with Crippen molar-refractivity contribution >= 4 is 85.8 Å². The fourth-order valence-electron chi connectivity index (χ4n) is 8.91. The van der Waals surface area contributed by atoms with Gasteiger partial charge in [0.2, 0.25) is 0 Å². The lowest BCUT2D eigenvalue weighted by molar-refractivity contribution is 1.17. The summed E-state index contributed by atoms with van der Waals surface area (Å²) in [6.07, 6.45) is 0. The molecule has 0 fully saturated rings. The minimum Gasteiger partial charge on any atom is -0.309 e. The molecule has 56 heavy (non-hydrogen) atoms. The zero-order valence-electron chi connectivity index (χ0n) is 30.1. The van der Waals surface area contributed by atoms with Crippen LogP contribution in [0.5, 0.6) is 0 Å². The van der Waals surface area contributed by atoms with Crippen molar-refractivity contribution in [3.8, 4) is 39.5 Å². The van der Waals surface area contributed by atoms with Gasteiger partial charge in [-0.1, -0.05) is 152 Å². The number of nitrogens with zero attached hydrogens (tertiary/aromatic N) is 3. The van der Waals surface area contributed by atoms with Gasteiger partial charge in [0, 0.05) is 43.1 Å². The average molecular weight is 730 g/mol. The van der Waals surface area contributed by atoms with Crippen LogP contribution in [0.4, 0.5) is 0 Å². The van der Waals surface area contributed by atoms with E-state index in [2.05, 4.69) is 193 Å². The molecule has 260 valence electrons. The van der Waals surface area contributed by atoms with Crippen LogP contribution in [0.3, 0.4) is 0 Å². The number of benzene rings is 9. The third-order valence-electron chi connectivity index (χ3n) is 11.4. The van der Waals surface area contributed by atoms with Crippen molar-refractivity contribution in [2.75, 3.05) is 0 Å². The van der Waals surface area contributed by atoms with Crippen molar-refractivity contribution < 1.29 is 0 Å². The van der Waals surface area contributed by atoms with E-state index >= 15 is 0 Å². The first-order valence-electron chi connectivity index (χ1n) is 19.0. The molecule has 0 saturated heterocycles. The van der Waals surface area contributed by atoms with Gasteiger partial charge in [-0.3, -0.25) is 0 Å². The normalized spacial score (nSPS) is 11.9. The van der Waals surface area contributed by atoms with E-state index in [1.807, 2.05) is 0 Å². The number of hydrogen-bond acceptors (Lipinski definition) is 3. The molecule has 0 radical (unpaired) electrons. The molecule has 3 aromatic heterocycles. The van der Waals surface area contributed by atoms with E-state index in [-0.39, 0.29) is 0 Å². The molecule has 12 aromatic rings. The second kappa shape index (κ2) is 12.2. The quantitative estimate of drug-likeness (QED) is 0.169. The number of hydrogen-bond donors (Lipinski definition) is 0. The minimum absolute atomic E-state index is 0.715. The molecular weight excluding hydrogens is 699 g/mol. The molecule has 0 spiro atoms. The van der Waals surface area contributed by atoms with E-state index in [1.165, 1.54) is 70.0 Å². The highest BCUT2D eigenvalue weighted by atomic mass is 32.1. The summed E-state index contributed by atoms with van der Waals surface area (Å²) in [5, 5.41) is 11.4. The van der Waals surface area contributed by atoms with E-state index in [9.17, 15) is 0 Å². The topological polar surface area (TPSA) is 30.7 Å². The predicted molar refractivity (Wildman–Crippen MR) is 238 cm³/mol. The molecule has 0 amide bonds. The molecule has 0 aliphatic heterocycles. The Bertz CT molecular complexity index is 3510. The Balaban J connectivity index is 1.10. The number of thiophene rings is 1. The molecule has 12 rings (SSSR count). The number of fused-ring (bicyclic) bond motifs is 13. The summed E-state index contributed by atoms with van der Waals surface area (Å²) in [5.41, 5.74) is 9.77. The maximum Gasteiger partial charge on any atom is 0.160 e. The molecule has 0 saturated carbocycles. The molecule has 0 N–H and O–H groups in total. The van der Waals surface area contributed by atoms with Crippen LogP contribution < -0.4 is 0 Å². The van der Waals surface area contributed by atoms with Gasteiger partial charge in [-0.15, -0.1) is 11.3 Å². The summed E-state index contributed by atoms with van der Waals surface area (Å²) < 4.78 is 4.73. The standard InChI is InChI=1S/C52H31N3S/c1-2-14-32(15-3-1)33-16-12-17-34(30-33)49-51-50(43-25-9-11-27-46(43)56-51)54-52(53-49)35-18-13-19-36(31-35)55-44-26-10-8-24-42(44)48-45(55)29-28-41-39-22-5-4-20-37(39)38-21-6-7-23-40(38)47(41)48/h1-31H. The van der Waals surface area contributed by atoms with Gasteiger partial charge >= 0.3 is 0 Å². The number of aromatic nitrogens is 3. The van der Waals surface area contributed by atoms with E-state index in [4.69, 9.17) is 9.97 Å². The fraction of sp³-hybridized carbons (Fsp3) is 0. The van der Waals surface area contributed by atoms with Crippen LogP contribution in [-0.4, -0.2) is 14.5 Å². The van der Waals surface area contributed by atoms with Gasteiger partial charge < -0.3 is 4.57 Å². The fourth-order valence-corrected chi connectivity index (χ4v) is 10.1. The minimum atomic E-state index is 0.715. The highest BCUT2D eigenvalue weighted by Gasteiger charge is 2.20. The summed E-state index contributed by atoms with van der Waals surface area (Å²) in [5.74, 6) is 0.715. The van der Waals surface area contributed by atoms with Gasteiger partial charge in [-0.2, -0.15) is 0 Å². The lowest BCUT2D eigenvalue weighted by Crippen LogP contribution is -1.97. The van der Waals surface area contributed by atoms with Gasteiger partial charge in [0.25, 0.3) is 0 Å². The van der Waals surface area contributed by atoms with E-state index in [1.54, 1.807) is 11.3 Å². The van der Waals surface area contributed by atoms with Gasteiger partial charge in [0.15, 0.2) is 5.82 Å². The van der Waals surface area contributed by atoms with E-state index in [0.29, 0.717) is 5.82 Å². The van der Waals surface area contributed by atoms with Gasteiger partial charge in [0.05, 0.1) is 26.9 Å². The monoisotopic (exact) mass is 729 g/mol. The summed E-state index contributed by atoms with van der Waals surface area (Å²) in [6, 6.07) is 67.8. The van der Waals surface area contributed by atoms with Gasteiger partial charge in [-0.05, 0) is 74.5 Å². The summed E-state index contributed by atoms with van der Waals surface area (Å²) in [4.78, 5) is 10.8. The predicted octanol–water partition coefficient (Wildman–Crippen LogP) is 14.4. The summed E-state index contributed by atoms with van der Waals surface area (Å²) in [7, 11) is 0. The summed E-state index contributed by atoms with van der Waals surface area (Å²) in [6.45, 7) is 0. The second-order valence-corrected chi connectivity index (χ2v) is 15.5. The second-order valence-electron chi connectivity index (χ2n) is 14.5. The van der Waals surface area contributed by atoms with Crippen LogP contribution in [0.15, 0.2) is 188 Å². The lowest BCUT2D eigenvalue weighted by atomic mass is 9.92. The van der Waals surface area contributed by atoms with Crippen molar-refractivity contribution in [3.05, 3.63) is 188 Å². The van der Waals surface area contributed by atoms with Crippen LogP contribution in [0.1, 0.15) is 0 Å².